The van der Waals surface area contributed by atoms with Gasteiger partial charge in [0.2, 0.25) is 11.9 Å². The number of nitrogen functional groups attached to an aromatic ring is 2. The van der Waals surface area contributed by atoms with Crippen LogP contribution < -0.4 is 11.5 Å². The topological polar surface area (TPSA) is 129 Å². The zero-order valence-corrected chi connectivity index (χ0v) is 21.3. The number of nitrogens with zero attached hydrogens (tertiary/aromatic N) is 6. The van der Waals surface area contributed by atoms with E-state index in [4.69, 9.17) is 11.5 Å². The minimum atomic E-state index is -0.0509. The molecule has 1 fully saturated rings. The van der Waals surface area contributed by atoms with Gasteiger partial charge < -0.3 is 11.5 Å². The van der Waals surface area contributed by atoms with E-state index in [0.717, 1.165) is 54.6 Å². The molecule has 38 heavy (non-hydrogen) atoms. The molecule has 8 nitrogen and oxygen atoms in total. The van der Waals surface area contributed by atoms with Crippen LogP contribution in [-0.4, -0.2) is 29.9 Å². The lowest BCUT2D eigenvalue weighted by Gasteiger charge is -2.34. The average molecular weight is 503 g/mol. The van der Waals surface area contributed by atoms with Crippen LogP contribution in [0.5, 0.6) is 0 Å². The molecule has 8 rings (SSSR count). The molecule has 0 radical (unpaired) electrons. The van der Waals surface area contributed by atoms with Gasteiger partial charge in [-0.05, 0) is 66.5 Å². The van der Waals surface area contributed by atoms with Gasteiger partial charge in [-0.2, -0.15) is 0 Å². The number of nitrogens with two attached hydrogens (primary N) is 2. The van der Waals surface area contributed by atoms with E-state index in [1.807, 2.05) is 37.2 Å². The zero-order valence-electron chi connectivity index (χ0n) is 21.3. The quantitative estimate of drug-likeness (QED) is 0.316. The largest absolute Gasteiger partial charge is 0.368 e. The molecule has 190 valence electrons. The summed E-state index contributed by atoms with van der Waals surface area (Å²) in [5.74, 6) is 0.734. The highest BCUT2D eigenvalue weighted by Gasteiger charge is 2.46. The molecular formula is C30H30N8. The molecule has 0 amide bonds. The number of hydrogen-bond acceptors (Lipinski definition) is 8. The number of allylic oxidation sites excluding steroid dienone is 2. The lowest BCUT2D eigenvalue weighted by molar-refractivity contribution is 0.345. The summed E-state index contributed by atoms with van der Waals surface area (Å²) in [5, 5.41) is 0. The standard InChI is InChI=1S/C15H16N4.C15H14N4/c2*16-14-18-8-11-10-4-7-17-9-12(10)15(13(11)19-14)5-2-1-3-6-15/h4,7-9H,1-3,5-6H2,(H2,16,18,19);1-2,4,7-9H,3,5-6H2,(H2,16,18,19). The Morgan fingerprint density at radius 3 is 1.76 bits per heavy atom. The summed E-state index contributed by atoms with van der Waals surface area (Å²) in [6.07, 6.45) is 25.1. The number of rotatable bonds is 0. The van der Waals surface area contributed by atoms with Gasteiger partial charge in [0, 0.05) is 59.1 Å². The van der Waals surface area contributed by atoms with Crippen LogP contribution in [0, 0.1) is 0 Å². The smallest absolute Gasteiger partial charge is 0.220 e. The van der Waals surface area contributed by atoms with Crippen molar-refractivity contribution in [2.75, 3.05) is 11.5 Å². The normalized spacial score (nSPS) is 21.3. The van der Waals surface area contributed by atoms with Crippen LogP contribution >= 0.6 is 0 Å². The second kappa shape index (κ2) is 8.68. The molecule has 4 aromatic rings. The molecule has 2 spiro atoms. The van der Waals surface area contributed by atoms with Gasteiger partial charge in [0.15, 0.2) is 0 Å². The van der Waals surface area contributed by atoms with Crippen molar-refractivity contribution in [1.29, 1.82) is 0 Å². The Labute approximate surface area is 221 Å². The van der Waals surface area contributed by atoms with Gasteiger partial charge >= 0.3 is 0 Å². The van der Waals surface area contributed by atoms with Gasteiger partial charge in [0.25, 0.3) is 0 Å². The van der Waals surface area contributed by atoms with Crippen molar-refractivity contribution < 1.29 is 0 Å². The summed E-state index contributed by atoms with van der Waals surface area (Å²) >= 11 is 0. The molecule has 0 saturated heterocycles. The number of fused-ring (bicyclic) bond motifs is 10. The number of anilines is 2. The third kappa shape index (κ3) is 3.29. The molecule has 0 aliphatic heterocycles. The molecule has 0 bridgehead atoms. The van der Waals surface area contributed by atoms with E-state index in [1.165, 1.54) is 41.5 Å². The maximum atomic E-state index is 5.82. The van der Waals surface area contributed by atoms with Gasteiger partial charge in [0.05, 0.1) is 11.4 Å². The molecule has 1 atom stereocenters. The van der Waals surface area contributed by atoms with E-state index in [0.29, 0.717) is 11.9 Å². The fraction of sp³-hybridized carbons (Fsp3) is 0.333. The SMILES string of the molecule is Nc1ncc2c(n1)C1(CC=CCC1)c1cnccc1-2.Nc1ncc2c(n1)C1(CCCCC1)c1cnccc1-2. The van der Waals surface area contributed by atoms with Crippen LogP contribution in [0.1, 0.15) is 73.9 Å². The fourth-order valence-corrected chi connectivity index (χ4v) is 7.15. The minimum absolute atomic E-state index is 0.0359. The van der Waals surface area contributed by atoms with E-state index in [1.54, 1.807) is 0 Å². The summed E-state index contributed by atoms with van der Waals surface area (Å²) in [6, 6.07) is 4.14. The van der Waals surface area contributed by atoms with Gasteiger partial charge in [-0.1, -0.05) is 31.4 Å². The summed E-state index contributed by atoms with van der Waals surface area (Å²) < 4.78 is 0. The number of aromatic nitrogens is 6. The predicted molar refractivity (Wildman–Crippen MR) is 147 cm³/mol. The van der Waals surface area contributed by atoms with E-state index < -0.39 is 0 Å². The highest BCUT2D eigenvalue weighted by atomic mass is 15.0. The number of hydrogen-bond donors (Lipinski definition) is 2. The summed E-state index contributed by atoms with van der Waals surface area (Å²) in [5.41, 5.74) is 21.1. The van der Waals surface area contributed by atoms with Crippen LogP contribution in [0.3, 0.4) is 0 Å². The van der Waals surface area contributed by atoms with Crippen molar-refractivity contribution >= 4 is 11.9 Å². The average Bonchev–Trinajstić information content (AvgIpc) is 3.37. The third-order valence-corrected chi connectivity index (χ3v) is 8.85. The van der Waals surface area contributed by atoms with Gasteiger partial charge in [-0.25, -0.2) is 19.9 Å². The molecule has 1 unspecified atom stereocenters. The summed E-state index contributed by atoms with van der Waals surface area (Å²) in [6.45, 7) is 0. The van der Waals surface area contributed by atoms with E-state index in [2.05, 4.69) is 54.2 Å². The monoisotopic (exact) mass is 502 g/mol. The zero-order chi connectivity index (χ0) is 25.7. The van der Waals surface area contributed by atoms with Crippen LogP contribution in [0.4, 0.5) is 11.9 Å². The van der Waals surface area contributed by atoms with Crippen molar-refractivity contribution in [2.45, 2.75) is 62.2 Å². The highest BCUT2D eigenvalue weighted by Crippen LogP contribution is 2.55. The van der Waals surface area contributed by atoms with Gasteiger partial charge in [-0.15, -0.1) is 0 Å². The second-order valence-electron chi connectivity index (χ2n) is 10.8. The molecule has 4 N–H and O–H groups in total. The van der Waals surface area contributed by atoms with Gasteiger partial charge in [-0.3, -0.25) is 9.97 Å². The van der Waals surface area contributed by atoms with Gasteiger partial charge in [0.1, 0.15) is 0 Å². The first-order chi connectivity index (χ1) is 18.6. The maximum absolute atomic E-state index is 5.82. The Morgan fingerprint density at radius 1 is 0.605 bits per heavy atom. The molecule has 4 aliphatic carbocycles. The van der Waals surface area contributed by atoms with E-state index in [-0.39, 0.29) is 10.8 Å². The van der Waals surface area contributed by atoms with E-state index >= 15 is 0 Å². The molecule has 0 aromatic carbocycles. The molecule has 8 heteroatoms. The first kappa shape index (κ1) is 23.0. The first-order valence-electron chi connectivity index (χ1n) is 13.4. The van der Waals surface area contributed by atoms with Crippen LogP contribution in [0.2, 0.25) is 0 Å². The predicted octanol–water partition coefficient (Wildman–Crippen LogP) is 5.14. The lowest BCUT2D eigenvalue weighted by Crippen LogP contribution is -2.29. The Kier molecular flexibility index (Phi) is 5.25. The molecular weight excluding hydrogens is 472 g/mol. The Bertz CT molecular complexity index is 1570. The number of pyridine rings is 2. The van der Waals surface area contributed by atoms with Crippen molar-refractivity contribution in [3.63, 3.8) is 0 Å². The molecule has 4 heterocycles. The lowest BCUT2D eigenvalue weighted by atomic mass is 9.70. The summed E-state index contributed by atoms with van der Waals surface area (Å²) in [7, 11) is 0. The molecule has 4 aromatic heterocycles. The maximum Gasteiger partial charge on any atom is 0.220 e. The van der Waals surface area contributed by atoms with Crippen molar-refractivity contribution in [2.24, 2.45) is 0 Å². The fourth-order valence-electron chi connectivity index (χ4n) is 7.15. The van der Waals surface area contributed by atoms with E-state index in [9.17, 15) is 0 Å². The van der Waals surface area contributed by atoms with Crippen LogP contribution in [0.25, 0.3) is 22.3 Å². The van der Waals surface area contributed by atoms with Crippen LogP contribution in [0.15, 0.2) is 61.5 Å². The molecule has 1 saturated carbocycles. The van der Waals surface area contributed by atoms with Crippen molar-refractivity contribution in [1.82, 2.24) is 29.9 Å². The Balaban J connectivity index is 0.000000127. The van der Waals surface area contributed by atoms with Crippen molar-refractivity contribution in [3.8, 4) is 22.3 Å². The highest BCUT2D eigenvalue weighted by molar-refractivity contribution is 5.80. The second-order valence-corrected chi connectivity index (χ2v) is 10.8. The Morgan fingerprint density at radius 2 is 1.18 bits per heavy atom. The third-order valence-electron chi connectivity index (χ3n) is 8.85. The minimum Gasteiger partial charge on any atom is -0.368 e. The van der Waals surface area contributed by atoms with Crippen LogP contribution in [-0.2, 0) is 10.8 Å². The molecule has 4 aliphatic rings. The first-order valence-corrected chi connectivity index (χ1v) is 13.4. The summed E-state index contributed by atoms with van der Waals surface area (Å²) in [4.78, 5) is 26.1. The van der Waals surface area contributed by atoms with Crippen molar-refractivity contribution in [3.05, 3.63) is 84.0 Å². The Hall–Kier alpha value is -4.20.